The van der Waals surface area contributed by atoms with Crippen LogP contribution in [0, 0.1) is 0 Å². The fourth-order valence-corrected chi connectivity index (χ4v) is 3.33. The van der Waals surface area contributed by atoms with Gasteiger partial charge in [0.15, 0.2) is 0 Å². The highest BCUT2D eigenvalue weighted by atomic mass is 32.2. The number of hydrogen-bond donors (Lipinski definition) is 0. The van der Waals surface area contributed by atoms with E-state index >= 15 is 0 Å². The number of thioether (sulfide) groups is 1. The highest BCUT2D eigenvalue weighted by Gasteiger charge is 2.18. The van der Waals surface area contributed by atoms with Crippen LogP contribution in [0.3, 0.4) is 0 Å². The molecule has 0 bridgehead atoms. The van der Waals surface area contributed by atoms with Crippen molar-refractivity contribution in [2.75, 3.05) is 0 Å². The molecule has 0 radical (unpaired) electrons. The average Bonchev–Trinajstić information content (AvgIpc) is 3.21. The van der Waals surface area contributed by atoms with Gasteiger partial charge in [0.05, 0.1) is 17.5 Å². The van der Waals surface area contributed by atoms with E-state index in [1.807, 2.05) is 13.2 Å². The Morgan fingerprint density at radius 3 is 3.04 bits per heavy atom. The van der Waals surface area contributed by atoms with E-state index in [1.54, 1.807) is 16.3 Å². The number of ether oxygens (including phenoxy) is 1. The summed E-state index contributed by atoms with van der Waals surface area (Å²) in [5.41, 5.74) is 1.45. The Kier molecular flexibility index (Phi) is 5.39. The van der Waals surface area contributed by atoms with E-state index in [1.165, 1.54) is 29.7 Å². The van der Waals surface area contributed by atoms with Crippen LogP contribution in [-0.4, -0.2) is 31.5 Å². The SMILES string of the molecule is Cn1cc(-c2nc(COC(=O)c3cccnc3SC(F)F)cs2)cn1. The van der Waals surface area contributed by atoms with E-state index in [0.717, 1.165) is 10.6 Å². The summed E-state index contributed by atoms with van der Waals surface area (Å²) >= 11 is 1.61. The van der Waals surface area contributed by atoms with Gasteiger partial charge in [-0.05, 0) is 23.9 Å². The molecule has 0 aliphatic carbocycles. The number of hydrogen-bond acceptors (Lipinski definition) is 7. The predicted octanol–water partition coefficient (Wildman–Crippen LogP) is 3.61. The van der Waals surface area contributed by atoms with Crippen molar-refractivity contribution >= 4 is 29.1 Å². The number of thiazole rings is 1. The molecule has 0 aromatic carbocycles. The molecule has 25 heavy (non-hydrogen) atoms. The fourth-order valence-electron chi connectivity index (χ4n) is 1.98. The van der Waals surface area contributed by atoms with Gasteiger partial charge in [-0.25, -0.2) is 14.8 Å². The molecule has 0 N–H and O–H groups in total. The van der Waals surface area contributed by atoms with Crippen LogP contribution in [0.5, 0.6) is 0 Å². The second-order valence-electron chi connectivity index (χ2n) is 4.86. The summed E-state index contributed by atoms with van der Waals surface area (Å²) < 4.78 is 31.9. The summed E-state index contributed by atoms with van der Waals surface area (Å²) in [7, 11) is 1.81. The lowest BCUT2D eigenvalue weighted by Gasteiger charge is -2.07. The van der Waals surface area contributed by atoms with Crippen molar-refractivity contribution in [3.63, 3.8) is 0 Å². The van der Waals surface area contributed by atoms with E-state index in [9.17, 15) is 13.6 Å². The summed E-state index contributed by atoms with van der Waals surface area (Å²) in [6.45, 7) is -0.0523. The quantitative estimate of drug-likeness (QED) is 0.479. The van der Waals surface area contributed by atoms with Crippen LogP contribution in [0.4, 0.5) is 8.78 Å². The van der Waals surface area contributed by atoms with Gasteiger partial charge in [-0.15, -0.1) is 11.3 Å². The Balaban J connectivity index is 1.66. The average molecular weight is 382 g/mol. The van der Waals surface area contributed by atoms with Crippen LogP contribution < -0.4 is 0 Å². The van der Waals surface area contributed by atoms with Crippen LogP contribution in [0.1, 0.15) is 16.1 Å². The van der Waals surface area contributed by atoms with Gasteiger partial charge in [-0.2, -0.15) is 13.9 Å². The topological polar surface area (TPSA) is 69.9 Å². The van der Waals surface area contributed by atoms with Crippen molar-refractivity contribution in [3.05, 3.63) is 47.4 Å². The summed E-state index contributed by atoms with van der Waals surface area (Å²) in [6.07, 6.45) is 4.87. The molecule has 3 aromatic heterocycles. The van der Waals surface area contributed by atoms with Crippen molar-refractivity contribution in [1.82, 2.24) is 19.7 Å². The smallest absolute Gasteiger partial charge is 0.341 e. The molecule has 0 fully saturated rings. The summed E-state index contributed by atoms with van der Waals surface area (Å²) in [5.74, 6) is -3.38. The van der Waals surface area contributed by atoms with Gasteiger partial charge in [0.2, 0.25) is 0 Å². The first-order valence-corrected chi connectivity index (χ1v) is 8.79. The van der Waals surface area contributed by atoms with Crippen LogP contribution in [0.25, 0.3) is 10.6 Å². The zero-order valence-corrected chi connectivity index (χ0v) is 14.6. The van der Waals surface area contributed by atoms with Crippen molar-refractivity contribution < 1.29 is 18.3 Å². The standard InChI is InChI=1S/C15H12F2N4O2S2/c1-21-6-9(5-19-21)12-20-10(8-24-12)7-23-14(22)11-3-2-4-18-13(11)25-15(16)17/h2-6,8,15H,7H2,1H3. The van der Waals surface area contributed by atoms with Crippen LogP contribution >= 0.6 is 23.1 Å². The number of carbonyl (C=O) groups excluding carboxylic acids is 1. The summed E-state index contributed by atoms with van der Waals surface area (Å²) in [6, 6.07) is 2.90. The maximum Gasteiger partial charge on any atom is 0.341 e. The third-order valence-corrected chi connectivity index (χ3v) is 4.71. The molecular weight excluding hydrogens is 370 g/mol. The van der Waals surface area contributed by atoms with Gasteiger partial charge >= 0.3 is 5.97 Å². The first-order valence-electron chi connectivity index (χ1n) is 7.03. The van der Waals surface area contributed by atoms with E-state index in [2.05, 4.69) is 15.1 Å². The van der Waals surface area contributed by atoms with Crippen LogP contribution in [-0.2, 0) is 18.4 Å². The predicted molar refractivity (Wildman–Crippen MR) is 89.5 cm³/mol. The number of halogens is 2. The third kappa shape index (κ3) is 4.40. The Morgan fingerprint density at radius 1 is 1.48 bits per heavy atom. The second-order valence-corrected chi connectivity index (χ2v) is 6.69. The second kappa shape index (κ2) is 7.70. The van der Waals surface area contributed by atoms with Gasteiger partial charge in [-0.1, -0.05) is 0 Å². The van der Waals surface area contributed by atoms with Crippen molar-refractivity contribution in [2.45, 2.75) is 17.4 Å². The molecule has 0 atom stereocenters. The molecule has 3 rings (SSSR count). The van der Waals surface area contributed by atoms with E-state index in [0.29, 0.717) is 5.69 Å². The number of esters is 1. The number of aryl methyl sites for hydroxylation is 1. The van der Waals surface area contributed by atoms with Gasteiger partial charge in [-0.3, -0.25) is 4.68 Å². The third-order valence-electron chi connectivity index (χ3n) is 3.05. The number of aromatic nitrogens is 4. The van der Waals surface area contributed by atoms with E-state index < -0.39 is 11.7 Å². The molecule has 0 aliphatic heterocycles. The Labute approximate surface area is 149 Å². The van der Waals surface area contributed by atoms with Gasteiger partial charge < -0.3 is 4.74 Å². The molecular formula is C15H12F2N4O2S2. The van der Waals surface area contributed by atoms with Gasteiger partial charge in [0.25, 0.3) is 5.76 Å². The lowest BCUT2D eigenvalue weighted by atomic mass is 10.3. The minimum absolute atomic E-state index is 0.00973. The lowest BCUT2D eigenvalue weighted by Crippen LogP contribution is -2.08. The highest BCUT2D eigenvalue weighted by molar-refractivity contribution is 7.99. The number of rotatable bonds is 6. The van der Waals surface area contributed by atoms with E-state index in [4.69, 9.17) is 4.74 Å². The summed E-state index contributed by atoms with van der Waals surface area (Å²) in [5, 5.41) is 6.55. The molecule has 130 valence electrons. The van der Waals surface area contributed by atoms with Crippen LogP contribution in [0.15, 0.2) is 41.1 Å². The number of carbonyl (C=O) groups is 1. The monoisotopic (exact) mass is 382 g/mol. The molecule has 3 aromatic rings. The minimum Gasteiger partial charge on any atom is -0.455 e. The first-order chi connectivity index (χ1) is 12.0. The van der Waals surface area contributed by atoms with Crippen molar-refractivity contribution in [2.24, 2.45) is 7.05 Å². The Bertz CT molecular complexity index is 882. The molecule has 0 aliphatic rings. The Hall–Kier alpha value is -2.33. The number of nitrogens with zero attached hydrogens (tertiary/aromatic N) is 4. The maximum atomic E-state index is 12.5. The van der Waals surface area contributed by atoms with Crippen LogP contribution in [0.2, 0.25) is 0 Å². The first kappa shape index (κ1) is 17.5. The Morgan fingerprint density at radius 2 is 2.32 bits per heavy atom. The van der Waals surface area contributed by atoms with Gasteiger partial charge in [0.1, 0.15) is 16.6 Å². The molecule has 0 saturated carbocycles. The number of pyridine rings is 1. The minimum atomic E-state index is -2.66. The summed E-state index contributed by atoms with van der Waals surface area (Å²) in [4.78, 5) is 20.3. The molecule has 0 saturated heterocycles. The molecule has 0 spiro atoms. The van der Waals surface area contributed by atoms with Crippen molar-refractivity contribution in [1.29, 1.82) is 0 Å². The molecule has 0 amide bonds. The highest BCUT2D eigenvalue weighted by Crippen LogP contribution is 2.27. The zero-order chi connectivity index (χ0) is 17.8. The largest absolute Gasteiger partial charge is 0.455 e. The molecule has 10 heteroatoms. The maximum absolute atomic E-state index is 12.5. The molecule has 6 nitrogen and oxygen atoms in total. The normalized spacial score (nSPS) is 11.0. The fraction of sp³-hybridized carbons (Fsp3) is 0.200. The molecule has 3 heterocycles. The lowest BCUT2D eigenvalue weighted by molar-refractivity contribution is 0.0463. The molecule has 0 unspecified atom stereocenters. The van der Waals surface area contributed by atoms with Crippen molar-refractivity contribution in [3.8, 4) is 10.6 Å². The zero-order valence-electron chi connectivity index (χ0n) is 12.9. The van der Waals surface area contributed by atoms with Gasteiger partial charge in [0, 0.05) is 30.4 Å². The van der Waals surface area contributed by atoms with E-state index in [-0.39, 0.29) is 29.0 Å². The number of alkyl halides is 2.